The highest BCUT2D eigenvalue weighted by molar-refractivity contribution is 9.10. The second-order valence-electron chi connectivity index (χ2n) is 4.46. The van der Waals surface area contributed by atoms with Crippen molar-refractivity contribution in [2.45, 2.75) is 18.9 Å². The maximum absolute atomic E-state index is 8.79. The number of benzene rings is 1. The Morgan fingerprint density at radius 2 is 2.41 bits per heavy atom. The Balaban J connectivity index is 1.97. The number of halogens is 1. The van der Waals surface area contributed by atoms with Gasteiger partial charge in [0.05, 0.1) is 11.6 Å². The van der Waals surface area contributed by atoms with E-state index < -0.39 is 0 Å². The summed E-state index contributed by atoms with van der Waals surface area (Å²) < 4.78 is 0.956. The topological polar surface area (TPSA) is 39.1 Å². The number of likely N-dealkylation sites (tertiary alicyclic amines) is 1. The van der Waals surface area contributed by atoms with Gasteiger partial charge in [0.2, 0.25) is 0 Å². The number of anilines is 1. The van der Waals surface area contributed by atoms with E-state index in [1.54, 1.807) is 0 Å². The fourth-order valence-electron chi connectivity index (χ4n) is 2.19. The summed E-state index contributed by atoms with van der Waals surface area (Å²) in [6.07, 6.45) is 2.55. The molecule has 17 heavy (non-hydrogen) atoms. The third kappa shape index (κ3) is 2.99. The summed E-state index contributed by atoms with van der Waals surface area (Å²) in [6, 6.07) is 8.40. The van der Waals surface area contributed by atoms with Gasteiger partial charge in [0.1, 0.15) is 0 Å². The van der Waals surface area contributed by atoms with Gasteiger partial charge in [0, 0.05) is 22.7 Å². The Hall–Kier alpha value is -1.05. The monoisotopic (exact) mass is 293 g/mol. The standard InChI is InChI=1S/C13H16BrN3/c1-17-6-2-3-11(17)9-16-13-5-4-10(8-15)7-12(13)14/h4-5,7,11,16H,2-3,6,9H2,1H3. The lowest BCUT2D eigenvalue weighted by molar-refractivity contribution is 0.322. The molecule has 1 aromatic carbocycles. The molecule has 1 atom stereocenters. The largest absolute Gasteiger partial charge is 0.383 e. The van der Waals surface area contributed by atoms with Crippen LogP contribution in [0.15, 0.2) is 22.7 Å². The van der Waals surface area contributed by atoms with E-state index >= 15 is 0 Å². The average molecular weight is 294 g/mol. The van der Waals surface area contributed by atoms with E-state index in [0.717, 1.165) is 16.7 Å². The zero-order valence-electron chi connectivity index (χ0n) is 9.91. The molecule has 2 rings (SSSR count). The molecule has 0 amide bonds. The summed E-state index contributed by atoms with van der Waals surface area (Å²) in [5, 5.41) is 12.2. The van der Waals surface area contributed by atoms with Crippen molar-refractivity contribution in [1.29, 1.82) is 5.26 Å². The lowest BCUT2D eigenvalue weighted by Gasteiger charge is -2.20. The molecule has 0 saturated carbocycles. The predicted molar refractivity (Wildman–Crippen MR) is 73.0 cm³/mol. The van der Waals surface area contributed by atoms with Crippen LogP contribution < -0.4 is 5.32 Å². The van der Waals surface area contributed by atoms with Crippen molar-refractivity contribution in [3.63, 3.8) is 0 Å². The first-order valence-electron chi connectivity index (χ1n) is 5.84. The Morgan fingerprint density at radius 1 is 1.59 bits per heavy atom. The molecule has 1 fully saturated rings. The number of nitriles is 1. The lowest BCUT2D eigenvalue weighted by Crippen LogP contribution is -2.31. The molecule has 0 bridgehead atoms. The fraction of sp³-hybridized carbons (Fsp3) is 0.462. The molecule has 3 nitrogen and oxygen atoms in total. The highest BCUT2D eigenvalue weighted by atomic mass is 79.9. The van der Waals surface area contributed by atoms with Crippen LogP contribution in [0.5, 0.6) is 0 Å². The number of hydrogen-bond acceptors (Lipinski definition) is 3. The van der Waals surface area contributed by atoms with Crippen LogP contribution in [0.4, 0.5) is 5.69 Å². The second-order valence-corrected chi connectivity index (χ2v) is 5.32. The Kier molecular flexibility index (Phi) is 4.03. The maximum atomic E-state index is 8.79. The first-order chi connectivity index (χ1) is 8.20. The smallest absolute Gasteiger partial charge is 0.0992 e. The molecule has 0 aromatic heterocycles. The molecule has 1 heterocycles. The average Bonchev–Trinajstić information content (AvgIpc) is 2.73. The number of nitrogens with one attached hydrogen (secondary N) is 1. The van der Waals surface area contributed by atoms with Gasteiger partial charge in [-0.1, -0.05) is 0 Å². The Labute approximate surface area is 111 Å². The molecule has 1 aromatic rings. The molecule has 0 radical (unpaired) electrons. The normalized spacial score (nSPS) is 20.2. The van der Waals surface area contributed by atoms with Crippen molar-refractivity contribution in [3.05, 3.63) is 28.2 Å². The molecular weight excluding hydrogens is 278 g/mol. The highest BCUT2D eigenvalue weighted by Crippen LogP contribution is 2.24. The molecule has 0 aliphatic carbocycles. The first-order valence-corrected chi connectivity index (χ1v) is 6.64. The lowest BCUT2D eigenvalue weighted by atomic mass is 10.2. The van der Waals surface area contributed by atoms with Crippen molar-refractivity contribution in [1.82, 2.24) is 4.90 Å². The van der Waals surface area contributed by atoms with E-state index in [9.17, 15) is 0 Å². The van der Waals surface area contributed by atoms with E-state index in [-0.39, 0.29) is 0 Å². The molecule has 1 saturated heterocycles. The van der Waals surface area contributed by atoms with Gasteiger partial charge in [0.15, 0.2) is 0 Å². The SMILES string of the molecule is CN1CCCC1CNc1ccc(C#N)cc1Br. The summed E-state index contributed by atoms with van der Waals surface area (Å²) in [6.45, 7) is 2.15. The van der Waals surface area contributed by atoms with Gasteiger partial charge in [-0.05, 0) is 60.6 Å². The Bertz CT molecular complexity index is 439. The van der Waals surface area contributed by atoms with Gasteiger partial charge < -0.3 is 10.2 Å². The van der Waals surface area contributed by atoms with Gasteiger partial charge in [-0.3, -0.25) is 0 Å². The van der Waals surface area contributed by atoms with Gasteiger partial charge in [0.25, 0.3) is 0 Å². The molecule has 1 unspecified atom stereocenters. The van der Waals surface area contributed by atoms with Crippen LogP contribution in [0.3, 0.4) is 0 Å². The minimum absolute atomic E-state index is 0.623. The van der Waals surface area contributed by atoms with Crippen molar-refractivity contribution in [2.24, 2.45) is 0 Å². The van der Waals surface area contributed by atoms with Crippen molar-refractivity contribution >= 4 is 21.6 Å². The van der Waals surface area contributed by atoms with E-state index in [1.165, 1.54) is 19.4 Å². The molecule has 0 spiro atoms. The summed E-state index contributed by atoms with van der Waals surface area (Å²) in [4.78, 5) is 2.39. The van der Waals surface area contributed by atoms with Crippen LogP contribution in [-0.2, 0) is 0 Å². The maximum Gasteiger partial charge on any atom is 0.0992 e. The van der Waals surface area contributed by atoms with Gasteiger partial charge >= 0.3 is 0 Å². The highest BCUT2D eigenvalue weighted by Gasteiger charge is 2.20. The number of rotatable bonds is 3. The van der Waals surface area contributed by atoms with Gasteiger partial charge in [-0.25, -0.2) is 0 Å². The zero-order chi connectivity index (χ0) is 12.3. The first kappa shape index (κ1) is 12.4. The van der Waals surface area contributed by atoms with Gasteiger partial charge in [-0.2, -0.15) is 5.26 Å². The molecule has 1 aliphatic rings. The summed E-state index contributed by atoms with van der Waals surface area (Å²) in [5.41, 5.74) is 1.74. The van der Waals surface area contributed by atoms with Crippen LogP contribution in [0.25, 0.3) is 0 Å². The summed E-state index contributed by atoms with van der Waals surface area (Å²) in [7, 11) is 2.17. The molecular formula is C13H16BrN3. The summed E-state index contributed by atoms with van der Waals surface area (Å²) in [5.74, 6) is 0. The van der Waals surface area contributed by atoms with Crippen LogP contribution in [0.2, 0.25) is 0 Å². The van der Waals surface area contributed by atoms with E-state index in [2.05, 4.69) is 39.3 Å². The Morgan fingerprint density at radius 3 is 3.00 bits per heavy atom. The molecule has 90 valence electrons. The quantitative estimate of drug-likeness (QED) is 0.931. The van der Waals surface area contributed by atoms with Gasteiger partial charge in [-0.15, -0.1) is 0 Å². The van der Waals surface area contributed by atoms with E-state index in [1.807, 2.05) is 18.2 Å². The fourth-order valence-corrected chi connectivity index (χ4v) is 2.71. The molecule has 4 heteroatoms. The zero-order valence-corrected chi connectivity index (χ0v) is 11.5. The van der Waals surface area contributed by atoms with Crippen LogP contribution in [0, 0.1) is 11.3 Å². The molecule has 1 N–H and O–H groups in total. The number of hydrogen-bond donors (Lipinski definition) is 1. The second kappa shape index (κ2) is 5.52. The number of nitrogens with zero attached hydrogens (tertiary/aromatic N) is 2. The van der Waals surface area contributed by atoms with E-state index in [0.29, 0.717) is 11.6 Å². The summed E-state index contributed by atoms with van der Waals surface area (Å²) >= 11 is 3.49. The van der Waals surface area contributed by atoms with Crippen molar-refractivity contribution < 1.29 is 0 Å². The minimum Gasteiger partial charge on any atom is -0.383 e. The van der Waals surface area contributed by atoms with Crippen molar-refractivity contribution in [3.8, 4) is 6.07 Å². The number of likely N-dealkylation sites (N-methyl/N-ethyl adjacent to an activating group) is 1. The predicted octanol–water partition coefficient (Wildman–Crippen LogP) is 2.83. The van der Waals surface area contributed by atoms with Crippen LogP contribution in [-0.4, -0.2) is 31.1 Å². The minimum atomic E-state index is 0.623. The van der Waals surface area contributed by atoms with Crippen LogP contribution >= 0.6 is 15.9 Å². The van der Waals surface area contributed by atoms with Crippen LogP contribution in [0.1, 0.15) is 18.4 Å². The third-order valence-electron chi connectivity index (χ3n) is 3.30. The molecule has 1 aliphatic heterocycles. The third-order valence-corrected chi connectivity index (χ3v) is 3.95. The van der Waals surface area contributed by atoms with E-state index in [4.69, 9.17) is 5.26 Å². The van der Waals surface area contributed by atoms with Crippen molar-refractivity contribution in [2.75, 3.05) is 25.5 Å².